The van der Waals surface area contributed by atoms with Crippen molar-refractivity contribution in [2.75, 3.05) is 6.61 Å². The minimum absolute atomic E-state index is 0.00752. The molecule has 2 spiro atoms. The summed E-state index contributed by atoms with van der Waals surface area (Å²) in [5, 5.41) is 11.4. The topological polar surface area (TPSA) is 65.0 Å². The molecule has 0 aromatic heterocycles. The Morgan fingerprint density at radius 2 is 1.86 bits per heavy atom. The molecule has 0 radical (unpaired) electrons. The second-order valence-corrected chi connectivity index (χ2v) is 11.8. The fourth-order valence-corrected chi connectivity index (χ4v) is 9.04. The fourth-order valence-electron chi connectivity index (χ4n) is 9.04. The van der Waals surface area contributed by atoms with Crippen molar-refractivity contribution in [2.45, 2.75) is 90.5 Å². The van der Waals surface area contributed by atoms with Crippen LogP contribution in [-0.4, -0.2) is 47.7 Å². The van der Waals surface area contributed by atoms with Crippen molar-refractivity contribution in [3.05, 3.63) is 0 Å². The molecule has 28 heavy (non-hydrogen) atoms. The lowest BCUT2D eigenvalue weighted by atomic mass is 9.39. The van der Waals surface area contributed by atoms with Crippen LogP contribution >= 0.6 is 0 Å². The van der Waals surface area contributed by atoms with Crippen molar-refractivity contribution in [1.29, 1.82) is 0 Å². The van der Waals surface area contributed by atoms with Crippen LogP contribution in [0.4, 0.5) is 0 Å². The van der Waals surface area contributed by atoms with E-state index in [4.69, 9.17) is 14.2 Å². The fraction of sp³-hybridized carbons (Fsp3) is 0.957. The summed E-state index contributed by atoms with van der Waals surface area (Å²) < 4.78 is 19.6. The molecule has 0 aromatic carbocycles. The molecule has 2 saturated heterocycles. The van der Waals surface area contributed by atoms with Crippen LogP contribution in [0.15, 0.2) is 0 Å². The van der Waals surface area contributed by atoms with Crippen molar-refractivity contribution >= 4 is 5.78 Å². The van der Waals surface area contributed by atoms with E-state index in [-0.39, 0.29) is 46.9 Å². The molecular weight excluding hydrogens is 356 g/mol. The maximum absolute atomic E-state index is 13.9. The lowest BCUT2D eigenvalue weighted by Crippen LogP contribution is -2.75. The predicted molar refractivity (Wildman–Crippen MR) is 101 cm³/mol. The molecule has 5 nitrogen and oxygen atoms in total. The molecule has 0 amide bonds. The Hall–Kier alpha value is -0.490. The van der Waals surface area contributed by atoms with Gasteiger partial charge in [-0.05, 0) is 56.8 Å². The van der Waals surface area contributed by atoms with E-state index >= 15 is 0 Å². The molecule has 4 saturated carbocycles. The molecule has 2 bridgehead atoms. The van der Waals surface area contributed by atoms with E-state index in [9.17, 15) is 9.90 Å². The molecule has 6 fully saturated rings. The first-order valence-electron chi connectivity index (χ1n) is 11.3. The lowest BCUT2D eigenvalue weighted by Gasteiger charge is -2.68. The first kappa shape index (κ1) is 18.3. The molecule has 1 N–H and O–H groups in total. The van der Waals surface area contributed by atoms with Gasteiger partial charge in [0.1, 0.15) is 5.78 Å². The second kappa shape index (κ2) is 5.04. The SMILES string of the molecule is C[C@H]1C(=O)[C@]23[C@@H]4OC(C)(C)O[C@@H]2C[C@@H]2C(C)(C)CC[C@@H](O)[C@]25CO[C@H](C[C@H]41)[C@@H]53. The van der Waals surface area contributed by atoms with Gasteiger partial charge in [0, 0.05) is 17.3 Å². The quantitative estimate of drug-likeness (QED) is 0.689. The molecule has 6 aliphatic rings. The summed E-state index contributed by atoms with van der Waals surface area (Å²) in [6, 6.07) is 0. The van der Waals surface area contributed by atoms with Crippen molar-refractivity contribution < 1.29 is 24.1 Å². The van der Waals surface area contributed by atoms with Gasteiger partial charge in [0.25, 0.3) is 0 Å². The van der Waals surface area contributed by atoms with Crippen molar-refractivity contribution in [1.82, 2.24) is 0 Å². The smallest absolute Gasteiger partial charge is 0.163 e. The van der Waals surface area contributed by atoms with Gasteiger partial charge >= 0.3 is 0 Å². The predicted octanol–water partition coefficient (Wildman–Crippen LogP) is 2.93. The molecule has 0 unspecified atom stereocenters. The Labute approximate surface area is 167 Å². The van der Waals surface area contributed by atoms with Gasteiger partial charge in [-0.3, -0.25) is 4.79 Å². The van der Waals surface area contributed by atoms with Gasteiger partial charge in [-0.2, -0.15) is 0 Å². The first-order valence-corrected chi connectivity index (χ1v) is 11.3. The Bertz CT molecular complexity index is 745. The van der Waals surface area contributed by atoms with Gasteiger partial charge < -0.3 is 19.3 Å². The highest BCUT2D eigenvalue weighted by molar-refractivity contribution is 5.92. The highest BCUT2D eigenvalue weighted by Gasteiger charge is 2.83. The molecule has 6 rings (SSSR count). The Morgan fingerprint density at radius 3 is 2.61 bits per heavy atom. The minimum Gasteiger partial charge on any atom is -0.392 e. The summed E-state index contributed by atoms with van der Waals surface area (Å²) in [5.41, 5.74) is -0.894. The van der Waals surface area contributed by atoms with Crippen LogP contribution in [0.1, 0.15) is 60.3 Å². The van der Waals surface area contributed by atoms with E-state index < -0.39 is 17.3 Å². The molecule has 10 atom stereocenters. The Balaban J connectivity index is 1.61. The number of hydrogen-bond acceptors (Lipinski definition) is 5. The van der Waals surface area contributed by atoms with Crippen molar-refractivity contribution in [3.8, 4) is 0 Å². The average Bonchev–Trinajstić information content (AvgIpc) is 3.06. The third kappa shape index (κ3) is 1.75. The van der Waals surface area contributed by atoms with Gasteiger partial charge in [-0.25, -0.2) is 0 Å². The third-order valence-electron chi connectivity index (χ3n) is 9.95. The largest absolute Gasteiger partial charge is 0.392 e. The number of Topliss-reactive ketones (excluding diaryl/α,β-unsaturated/α-hetero) is 1. The Morgan fingerprint density at radius 1 is 1.11 bits per heavy atom. The van der Waals surface area contributed by atoms with E-state index in [0.717, 1.165) is 25.7 Å². The lowest BCUT2D eigenvalue weighted by molar-refractivity contribution is -0.384. The van der Waals surface area contributed by atoms with Crippen LogP contribution in [0.2, 0.25) is 0 Å². The number of ketones is 1. The number of aliphatic hydroxyl groups is 1. The molecule has 156 valence electrons. The molecular formula is C23H34O5. The molecule has 2 aliphatic heterocycles. The summed E-state index contributed by atoms with van der Waals surface area (Å²) in [7, 11) is 0. The van der Waals surface area contributed by atoms with E-state index in [2.05, 4.69) is 20.8 Å². The maximum Gasteiger partial charge on any atom is 0.163 e. The number of hydrogen-bond donors (Lipinski definition) is 1. The van der Waals surface area contributed by atoms with E-state index in [1.807, 2.05) is 13.8 Å². The third-order valence-corrected chi connectivity index (χ3v) is 9.95. The summed E-state index contributed by atoms with van der Waals surface area (Å²) >= 11 is 0. The highest BCUT2D eigenvalue weighted by Crippen LogP contribution is 2.75. The number of ether oxygens (including phenoxy) is 3. The summed E-state index contributed by atoms with van der Waals surface area (Å²) in [5.74, 6) is 0.110. The summed E-state index contributed by atoms with van der Waals surface area (Å²) in [6.07, 6.45) is 2.87. The second-order valence-electron chi connectivity index (χ2n) is 11.8. The van der Waals surface area contributed by atoms with Gasteiger partial charge in [0.2, 0.25) is 0 Å². The number of rotatable bonds is 0. The van der Waals surface area contributed by atoms with Gasteiger partial charge in [0.05, 0.1) is 36.4 Å². The van der Waals surface area contributed by atoms with Crippen LogP contribution in [0.5, 0.6) is 0 Å². The van der Waals surface area contributed by atoms with Crippen molar-refractivity contribution in [3.63, 3.8) is 0 Å². The number of carbonyl (C=O) groups is 1. The molecule has 2 heterocycles. The highest BCUT2D eigenvalue weighted by atomic mass is 16.7. The average molecular weight is 391 g/mol. The monoisotopic (exact) mass is 390 g/mol. The summed E-state index contributed by atoms with van der Waals surface area (Å²) in [4.78, 5) is 13.9. The van der Waals surface area contributed by atoms with E-state index in [1.165, 1.54) is 0 Å². The van der Waals surface area contributed by atoms with Gasteiger partial charge in [-0.15, -0.1) is 0 Å². The zero-order chi connectivity index (χ0) is 19.9. The molecule has 5 heteroatoms. The standard InChI is InChI=1S/C23H34O5/c1-11-12-8-13-17-22(10-26-13)14(20(2,3)7-6-15(22)24)9-16-23(17,18(11)25)19(12)28-21(4,5)27-16/h11-17,19,24H,6-10H2,1-5H3/t11-,12+,13-,14-,15-,16-,17+,19-,22+,23+/m1/s1. The molecule has 4 aliphatic carbocycles. The Kier molecular flexibility index (Phi) is 3.29. The normalized spacial score (nSPS) is 60.3. The van der Waals surface area contributed by atoms with E-state index in [1.54, 1.807) is 0 Å². The van der Waals surface area contributed by atoms with Crippen LogP contribution in [0.25, 0.3) is 0 Å². The van der Waals surface area contributed by atoms with Crippen molar-refractivity contribution in [2.24, 2.45) is 39.9 Å². The van der Waals surface area contributed by atoms with Crippen LogP contribution in [0, 0.1) is 39.9 Å². The van der Waals surface area contributed by atoms with Crippen LogP contribution in [-0.2, 0) is 19.0 Å². The van der Waals surface area contributed by atoms with E-state index in [0.29, 0.717) is 18.3 Å². The zero-order valence-corrected chi connectivity index (χ0v) is 17.7. The number of carbonyl (C=O) groups excluding carboxylic acids is 1. The van der Waals surface area contributed by atoms with Gasteiger partial charge in [0.15, 0.2) is 5.79 Å². The minimum atomic E-state index is -0.675. The molecule has 0 aromatic rings. The number of aliphatic hydroxyl groups excluding tert-OH is 1. The first-order chi connectivity index (χ1) is 13.1. The van der Waals surface area contributed by atoms with Gasteiger partial charge in [-0.1, -0.05) is 20.8 Å². The van der Waals surface area contributed by atoms with Crippen LogP contribution < -0.4 is 0 Å². The maximum atomic E-state index is 13.9. The van der Waals surface area contributed by atoms with Crippen LogP contribution in [0.3, 0.4) is 0 Å². The summed E-state index contributed by atoms with van der Waals surface area (Å²) in [6.45, 7) is 11.3. The zero-order valence-electron chi connectivity index (χ0n) is 17.7.